The summed E-state index contributed by atoms with van der Waals surface area (Å²) in [5.41, 5.74) is 0. The van der Waals surface area contributed by atoms with Gasteiger partial charge in [0.15, 0.2) is 0 Å². The molecule has 0 aliphatic carbocycles. The van der Waals surface area contributed by atoms with E-state index in [2.05, 4.69) is 19.2 Å². The van der Waals surface area contributed by atoms with Gasteiger partial charge in [-0.05, 0) is 5.92 Å². The topological polar surface area (TPSA) is 29.1 Å². The number of hydrogen-bond acceptors (Lipinski definition) is 1. The van der Waals surface area contributed by atoms with Gasteiger partial charge in [-0.2, -0.15) is 0 Å². The van der Waals surface area contributed by atoms with Gasteiger partial charge in [0.2, 0.25) is 0 Å². The van der Waals surface area contributed by atoms with Crippen LogP contribution in [0.25, 0.3) is 0 Å². The third kappa shape index (κ3) is 4.01. The average molecular weight is 128 g/mol. The SMILES string of the molecule is CCC(CC)CN[C]=O. The maximum absolute atomic E-state index is 9.71. The molecule has 0 heterocycles. The lowest BCUT2D eigenvalue weighted by atomic mass is 10.0. The summed E-state index contributed by atoms with van der Waals surface area (Å²) in [7, 11) is 0. The van der Waals surface area contributed by atoms with Crippen molar-refractivity contribution >= 4 is 6.41 Å². The standard InChI is InChI=1S/C7H14NO/c1-3-7(4-2)5-8-6-9/h7H,3-5H2,1-2H3,(H,8,9). The van der Waals surface area contributed by atoms with E-state index in [1.807, 2.05) is 0 Å². The summed E-state index contributed by atoms with van der Waals surface area (Å²) in [6.07, 6.45) is 3.93. The molecule has 0 atom stereocenters. The van der Waals surface area contributed by atoms with Crippen molar-refractivity contribution in [1.29, 1.82) is 0 Å². The Morgan fingerprint density at radius 2 is 2.00 bits per heavy atom. The van der Waals surface area contributed by atoms with Crippen LogP contribution < -0.4 is 5.32 Å². The third-order valence-electron chi connectivity index (χ3n) is 1.62. The van der Waals surface area contributed by atoms with Crippen LogP contribution in [0, 0.1) is 5.92 Å². The van der Waals surface area contributed by atoms with Crippen LogP contribution in [0.2, 0.25) is 0 Å². The second kappa shape index (κ2) is 5.60. The van der Waals surface area contributed by atoms with Gasteiger partial charge in [-0.15, -0.1) is 0 Å². The highest BCUT2D eigenvalue weighted by Crippen LogP contribution is 2.03. The Kier molecular flexibility index (Phi) is 5.27. The Balaban J connectivity index is 3.19. The first-order valence-electron chi connectivity index (χ1n) is 3.45. The van der Waals surface area contributed by atoms with Gasteiger partial charge in [0, 0.05) is 6.54 Å². The van der Waals surface area contributed by atoms with Crippen LogP contribution in [0.1, 0.15) is 26.7 Å². The molecule has 0 bridgehead atoms. The van der Waals surface area contributed by atoms with Crippen molar-refractivity contribution in [3.8, 4) is 0 Å². The van der Waals surface area contributed by atoms with Gasteiger partial charge in [-0.25, -0.2) is 0 Å². The summed E-state index contributed by atoms with van der Waals surface area (Å²) in [4.78, 5) is 9.71. The molecule has 0 aromatic carbocycles. The zero-order chi connectivity index (χ0) is 7.11. The largest absolute Gasteiger partial charge is 0.348 e. The highest BCUT2D eigenvalue weighted by molar-refractivity contribution is 5.46. The van der Waals surface area contributed by atoms with Crippen molar-refractivity contribution in [2.45, 2.75) is 26.7 Å². The van der Waals surface area contributed by atoms with Crippen LogP contribution in [0.3, 0.4) is 0 Å². The molecular formula is C7H14NO. The lowest BCUT2D eigenvalue weighted by Crippen LogP contribution is -2.20. The van der Waals surface area contributed by atoms with Gasteiger partial charge in [0.25, 0.3) is 0 Å². The number of rotatable bonds is 5. The Bertz CT molecular complexity index is 69.3. The van der Waals surface area contributed by atoms with E-state index in [1.165, 1.54) is 0 Å². The third-order valence-corrected chi connectivity index (χ3v) is 1.62. The van der Waals surface area contributed by atoms with E-state index in [9.17, 15) is 4.79 Å². The summed E-state index contributed by atoms with van der Waals surface area (Å²) in [6, 6.07) is 0. The molecule has 53 valence electrons. The second-order valence-corrected chi connectivity index (χ2v) is 2.17. The molecule has 0 unspecified atom stereocenters. The Labute approximate surface area is 56.6 Å². The number of carbonyl (C=O) groups excluding carboxylic acids is 1. The van der Waals surface area contributed by atoms with Gasteiger partial charge in [-0.3, -0.25) is 4.79 Å². The lowest BCUT2D eigenvalue weighted by Gasteiger charge is -2.08. The van der Waals surface area contributed by atoms with Crippen LogP contribution in [-0.4, -0.2) is 13.0 Å². The van der Waals surface area contributed by atoms with Crippen molar-refractivity contribution in [1.82, 2.24) is 5.32 Å². The molecule has 1 amide bonds. The van der Waals surface area contributed by atoms with Crippen molar-refractivity contribution in [3.63, 3.8) is 0 Å². The predicted octanol–water partition coefficient (Wildman–Crippen LogP) is 1.08. The molecule has 2 heteroatoms. The number of nitrogens with one attached hydrogen (secondary N) is 1. The van der Waals surface area contributed by atoms with Gasteiger partial charge < -0.3 is 5.32 Å². The zero-order valence-electron chi connectivity index (χ0n) is 6.11. The van der Waals surface area contributed by atoms with E-state index < -0.39 is 0 Å². The maximum atomic E-state index is 9.71. The molecule has 9 heavy (non-hydrogen) atoms. The summed E-state index contributed by atoms with van der Waals surface area (Å²) in [5, 5.41) is 2.54. The minimum atomic E-state index is 0.631. The zero-order valence-corrected chi connectivity index (χ0v) is 6.11. The molecule has 0 aliphatic rings. The molecule has 0 saturated heterocycles. The maximum Gasteiger partial charge on any atom is 0.309 e. The highest BCUT2D eigenvalue weighted by atomic mass is 16.1. The molecule has 2 nitrogen and oxygen atoms in total. The first kappa shape index (κ1) is 8.47. The minimum absolute atomic E-state index is 0.631. The fraction of sp³-hybridized carbons (Fsp3) is 0.857. The summed E-state index contributed by atoms with van der Waals surface area (Å²) in [5.74, 6) is 0.631. The molecule has 1 radical (unpaired) electrons. The van der Waals surface area contributed by atoms with Gasteiger partial charge in [0.1, 0.15) is 0 Å². The number of hydrogen-bond donors (Lipinski definition) is 1. The Hall–Kier alpha value is -0.530. The molecule has 0 aliphatic heterocycles. The average Bonchev–Trinajstić information content (AvgIpc) is 1.91. The molecule has 0 rings (SSSR count). The van der Waals surface area contributed by atoms with E-state index >= 15 is 0 Å². The monoisotopic (exact) mass is 128 g/mol. The molecule has 0 aromatic rings. The van der Waals surface area contributed by atoms with Crippen LogP contribution in [-0.2, 0) is 4.79 Å². The van der Waals surface area contributed by atoms with Gasteiger partial charge >= 0.3 is 6.41 Å². The molecule has 0 saturated carbocycles. The van der Waals surface area contributed by atoms with E-state index in [0.29, 0.717) is 5.92 Å². The Morgan fingerprint density at radius 1 is 1.44 bits per heavy atom. The van der Waals surface area contributed by atoms with Gasteiger partial charge in [0.05, 0.1) is 0 Å². The van der Waals surface area contributed by atoms with Crippen molar-refractivity contribution in [3.05, 3.63) is 0 Å². The lowest BCUT2D eigenvalue weighted by molar-refractivity contribution is 0.469. The first-order chi connectivity index (χ1) is 4.35. The van der Waals surface area contributed by atoms with Gasteiger partial charge in [-0.1, -0.05) is 26.7 Å². The minimum Gasteiger partial charge on any atom is -0.348 e. The summed E-state index contributed by atoms with van der Waals surface area (Å²) >= 11 is 0. The smallest absolute Gasteiger partial charge is 0.309 e. The molecule has 1 N–H and O–H groups in total. The molecule has 0 fully saturated rings. The number of amides is 1. The van der Waals surface area contributed by atoms with Crippen LogP contribution >= 0.6 is 0 Å². The van der Waals surface area contributed by atoms with Crippen LogP contribution in [0.4, 0.5) is 0 Å². The fourth-order valence-electron chi connectivity index (χ4n) is 0.763. The van der Waals surface area contributed by atoms with Crippen molar-refractivity contribution in [2.75, 3.05) is 6.54 Å². The molecule has 0 aromatic heterocycles. The summed E-state index contributed by atoms with van der Waals surface area (Å²) in [6.45, 7) is 5.03. The van der Waals surface area contributed by atoms with E-state index in [1.54, 1.807) is 6.41 Å². The highest BCUT2D eigenvalue weighted by Gasteiger charge is 2.00. The van der Waals surface area contributed by atoms with Crippen molar-refractivity contribution in [2.24, 2.45) is 5.92 Å². The normalized spacial score (nSPS) is 9.67. The quantitative estimate of drug-likeness (QED) is 0.551. The predicted molar refractivity (Wildman–Crippen MR) is 37.8 cm³/mol. The fourth-order valence-corrected chi connectivity index (χ4v) is 0.763. The molecule has 0 spiro atoms. The van der Waals surface area contributed by atoms with Crippen LogP contribution in [0.15, 0.2) is 0 Å². The molecular weight excluding hydrogens is 114 g/mol. The van der Waals surface area contributed by atoms with E-state index in [4.69, 9.17) is 0 Å². The first-order valence-corrected chi connectivity index (χ1v) is 3.45. The summed E-state index contributed by atoms with van der Waals surface area (Å²) < 4.78 is 0. The van der Waals surface area contributed by atoms with E-state index in [0.717, 1.165) is 19.4 Å². The Morgan fingerprint density at radius 3 is 2.33 bits per heavy atom. The second-order valence-electron chi connectivity index (χ2n) is 2.17. The van der Waals surface area contributed by atoms with E-state index in [-0.39, 0.29) is 0 Å². The van der Waals surface area contributed by atoms with Crippen molar-refractivity contribution < 1.29 is 4.79 Å². The van der Waals surface area contributed by atoms with Crippen LogP contribution in [0.5, 0.6) is 0 Å².